The Kier molecular flexibility index (Phi) is 4.78. The van der Waals surface area contributed by atoms with Crippen LogP contribution in [-0.4, -0.2) is 13.5 Å². The molecule has 2 aromatic rings. The number of hydrogen-bond acceptors (Lipinski definition) is 3. The molecule has 0 aromatic heterocycles. The zero-order chi connectivity index (χ0) is 15.6. The average molecular weight is 346 g/mol. The average Bonchev–Trinajstić information content (AvgIpc) is 2.40. The van der Waals surface area contributed by atoms with Gasteiger partial charge in [0.2, 0.25) is 0 Å². The second kappa shape index (κ2) is 6.23. The molecule has 0 radical (unpaired) electrons. The molecular weight excluding hydrogens is 333 g/mol. The summed E-state index contributed by atoms with van der Waals surface area (Å²) in [5.41, 5.74) is 1.79. The van der Waals surface area contributed by atoms with E-state index in [0.29, 0.717) is 16.8 Å². The monoisotopic (exact) mass is 345 g/mol. The highest BCUT2D eigenvalue weighted by atomic mass is 35.5. The molecule has 2 rings (SSSR count). The summed E-state index contributed by atoms with van der Waals surface area (Å²) in [6, 6.07) is 9.42. The number of sulfonamides is 1. The van der Waals surface area contributed by atoms with Crippen molar-refractivity contribution in [3.63, 3.8) is 0 Å². The van der Waals surface area contributed by atoms with Crippen molar-refractivity contribution in [3.8, 4) is 0 Å². The lowest BCUT2D eigenvalue weighted by Crippen LogP contribution is -2.15. The van der Waals surface area contributed by atoms with Crippen molar-refractivity contribution in [1.29, 1.82) is 0 Å². The zero-order valence-corrected chi connectivity index (χ0v) is 13.4. The molecule has 0 spiro atoms. The van der Waals surface area contributed by atoms with Crippen molar-refractivity contribution in [2.24, 2.45) is 0 Å². The second-order valence-corrected chi connectivity index (χ2v) is 6.90. The minimum Gasteiger partial charge on any atom is -0.392 e. The van der Waals surface area contributed by atoms with E-state index in [9.17, 15) is 8.42 Å². The van der Waals surface area contributed by atoms with E-state index in [4.69, 9.17) is 28.3 Å². The Labute approximate surface area is 133 Å². The van der Waals surface area contributed by atoms with E-state index in [1.807, 2.05) is 0 Å². The van der Waals surface area contributed by atoms with Gasteiger partial charge in [0, 0.05) is 0 Å². The molecule has 2 aromatic carbocycles. The quantitative estimate of drug-likeness (QED) is 0.889. The Morgan fingerprint density at radius 1 is 1.14 bits per heavy atom. The molecule has 0 unspecified atom stereocenters. The van der Waals surface area contributed by atoms with Crippen molar-refractivity contribution in [2.75, 3.05) is 4.72 Å². The van der Waals surface area contributed by atoms with Crippen LogP contribution >= 0.6 is 23.2 Å². The van der Waals surface area contributed by atoms with Crippen LogP contribution in [0.5, 0.6) is 0 Å². The van der Waals surface area contributed by atoms with Crippen LogP contribution in [0.15, 0.2) is 41.3 Å². The number of aliphatic hydroxyl groups is 1. The molecule has 0 heterocycles. The van der Waals surface area contributed by atoms with Gasteiger partial charge in [0.05, 0.1) is 22.3 Å². The molecule has 0 fully saturated rings. The highest BCUT2D eigenvalue weighted by Crippen LogP contribution is 2.31. The molecule has 21 heavy (non-hydrogen) atoms. The first kappa shape index (κ1) is 16.1. The van der Waals surface area contributed by atoms with Gasteiger partial charge < -0.3 is 5.11 Å². The van der Waals surface area contributed by atoms with Gasteiger partial charge in [-0.05, 0) is 36.2 Å². The summed E-state index contributed by atoms with van der Waals surface area (Å²) >= 11 is 11.9. The summed E-state index contributed by atoms with van der Waals surface area (Å²) < 4.78 is 27.3. The summed E-state index contributed by atoms with van der Waals surface area (Å²) in [5.74, 6) is 0. The number of aryl methyl sites for hydroxylation is 1. The van der Waals surface area contributed by atoms with Gasteiger partial charge in [-0.1, -0.05) is 41.4 Å². The lowest BCUT2D eigenvalue weighted by Gasteiger charge is -2.13. The van der Waals surface area contributed by atoms with Gasteiger partial charge in [0.25, 0.3) is 10.0 Å². The maximum atomic E-state index is 12.4. The standard InChI is InChI=1S/C14H13Cl2NO3S/c1-9-7-10(8-18)5-6-13(9)17-21(19,20)14-11(15)3-2-4-12(14)16/h2-7,17-18H,8H2,1H3. The molecule has 0 bridgehead atoms. The van der Waals surface area contributed by atoms with E-state index in [1.54, 1.807) is 31.2 Å². The fourth-order valence-electron chi connectivity index (χ4n) is 1.87. The molecular formula is C14H13Cl2NO3S. The minimum absolute atomic E-state index is 0.0552. The highest BCUT2D eigenvalue weighted by molar-refractivity contribution is 7.93. The van der Waals surface area contributed by atoms with Crippen LogP contribution in [-0.2, 0) is 16.6 Å². The van der Waals surface area contributed by atoms with E-state index < -0.39 is 10.0 Å². The highest BCUT2D eigenvalue weighted by Gasteiger charge is 2.22. The van der Waals surface area contributed by atoms with Gasteiger partial charge in [-0.3, -0.25) is 4.72 Å². The third-order valence-electron chi connectivity index (χ3n) is 2.91. The minimum atomic E-state index is -3.89. The maximum absolute atomic E-state index is 12.4. The van der Waals surface area contributed by atoms with E-state index in [1.165, 1.54) is 12.1 Å². The first-order valence-corrected chi connectivity index (χ1v) is 8.26. The maximum Gasteiger partial charge on any atom is 0.264 e. The fraction of sp³-hybridized carbons (Fsp3) is 0.143. The van der Waals surface area contributed by atoms with Crippen LogP contribution < -0.4 is 4.72 Å². The number of aliphatic hydroxyl groups excluding tert-OH is 1. The molecule has 0 aliphatic heterocycles. The molecule has 0 atom stereocenters. The number of hydrogen-bond donors (Lipinski definition) is 2. The smallest absolute Gasteiger partial charge is 0.264 e. The summed E-state index contributed by atoms with van der Waals surface area (Å²) in [6.07, 6.45) is 0. The topological polar surface area (TPSA) is 66.4 Å². The summed E-state index contributed by atoms with van der Waals surface area (Å²) in [7, 11) is -3.89. The van der Waals surface area contributed by atoms with Crippen LogP contribution in [0.1, 0.15) is 11.1 Å². The fourth-order valence-corrected chi connectivity index (χ4v) is 4.15. The predicted octanol–water partition coefficient (Wildman–Crippen LogP) is 3.59. The van der Waals surface area contributed by atoms with Gasteiger partial charge in [-0.2, -0.15) is 0 Å². The molecule has 2 N–H and O–H groups in total. The van der Waals surface area contributed by atoms with Gasteiger partial charge in [0.1, 0.15) is 4.90 Å². The third-order valence-corrected chi connectivity index (χ3v) is 5.23. The molecule has 0 aliphatic carbocycles. The van der Waals surface area contributed by atoms with Crippen LogP contribution in [0.25, 0.3) is 0 Å². The van der Waals surface area contributed by atoms with Gasteiger partial charge in [-0.25, -0.2) is 8.42 Å². The van der Waals surface area contributed by atoms with Crippen molar-refractivity contribution >= 4 is 38.9 Å². The third kappa shape index (κ3) is 3.49. The Morgan fingerprint density at radius 3 is 2.29 bits per heavy atom. The Balaban J connectivity index is 2.43. The van der Waals surface area contributed by atoms with Crippen LogP contribution in [0.4, 0.5) is 5.69 Å². The lowest BCUT2D eigenvalue weighted by atomic mass is 10.1. The predicted molar refractivity (Wildman–Crippen MR) is 84.4 cm³/mol. The number of anilines is 1. The molecule has 0 amide bonds. The Morgan fingerprint density at radius 2 is 1.76 bits per heavy atom. The first-order chi connectivity index (χ1) is 9.85. The van der Waals surface area contributed by atoms with Crippen LogP contribution in [0, 0.1) is 6.92 Å². The Bertz CT molecular complexity index is 756. The van der Waals surface area contributed by atoms with E-state index in [-0.39, 0.29) is 21.5 Å². The lowest BCUT2D eigenvalue weighted by molar-refractivity contribution is 0.282. The number of rotatable bonds is 4. The Hall–Kier alpha value is -1.27. The van der Waals surface area contributed by atoms with Crippen molar-refractivity contribution in [2.45, 2.75) is 18.4 Å². The first-order valence-electron chi connectivity index (χ1n) is 6.02. The van der Waals surface area contributed by atoms with E-state index in [2.05, 4.69) is 4.72 Å². The normalized spacial score (nSPS) is 11.4. The summed E-state index contributed by atoms with van der Waals surface area (Å²) in [4.78, 5) is -0.154. The molecule has 4 nitrogen and oxygen atoms in total. The molecule has 7 heteroatoms. The zero-order valence-electron chi connectivity index (χ0n) is 11.1. The van der Waals surface area contributed by atoms with Crippen molar-refractivity contribution < 1.29 is 13.5 Å². The molecule has 112 valence electrons. The summed E-state index contributed by atoms with van der Waals surface area (Å²) in [6.45, 7) is 1.63. The van der Waals surface area contributed by atoms with E-state index >= 15 is 0 Å². The van der Waals surface area contributed by atoms with E-state index in [0.717, 1.165) is 0 Å². The SMILES string of the molecule is Cc1cc(CO)ccc1NS(=O)(=O)c1c(Cl)cccc1Cl. The van der Waals surface area contributed by atoms with Crippen molar-refractivity contribution in [3.05, 3.63) is 57.6 Å². The number of benzene rings is 2. The second-order valence-electron chi connectivity index (χ2n) is 4.46. The van der Waals surface area contributed by atoms with Gasteiger partial charge in [0.15, 0.2) is 0 Å². The van der Waals surface area contributed by atoms with Crippen LogP contribution in [0.3, 0.4) is 0 Å². The molecule has 0 aliphatic rings. The van der Waals surface area contributed by atoms with Gasteiger partial charge >= 0.3 is 0 Å². The van der Waals surface area contributed by atoms with Crippen LogP contribution in [0.2, 0.25) is 10.0 Å². The molecule has 0 saturated heterocycles. The number of halogens is 2. The van der Waals surface area contributed by atoms with Crippen molar-refractivity contribution in [1.82, 2.24) is 0 Å². The number of nitrogens with one attached hydrogen (secondary N) is 1. The summed E-state index contributed by atoms with van der Waals surface area (Å²) in [5, 5.41) is 9.17. The largest absolute Gasteiger partial charge is 0.392 e. The molecule has 0 saturated carbocycles. The van der Waals surface area contributed by atoms with Gasteiger partial charge in [-0.15, -0.1) is 0 Å².